The second-order valence-corrected chi connectivity index (χ2v) is 6.60. The zero-order chi connectivity index (χ0) is 22.6. The number of ketones is 1. The summed E-state index contributed by atoms with van der Waals surface area (Å²) in [5, 5.41) is 3.63. The molecular weight excluding hydrogens is 420 g/mol. The van der Waals surface area contributed by atoms with Gasteiger partial charge in [0.15, 0.2) is 11.9 Å². The van der Waals surface area contributed by atoms with Crippen molar-refractivity contribution in [1.29, 1.82) is 0 Å². The Hall–Kier alpha value is -3.56. The van der Waals surface area contributed by atoms with Gasteiger partial charge in [0.2, 0.25) is 5.82 Å². The van der Waals surface area contributed by atoms with Crippen molar-refractivity contribution in [2.24, 2.45) is 0 Å². The van der Waals surface area contributed by atoms with Crippen LogP contribution in [-0.2, 0) is 15.7 Å². The van der Waals surface area contributed by atoms with E-state index in [-0.39, 0.29) is 41.5 Å². The van der Waals surface area contributed by atoms with Crippen LogP contribution in [0.15, 0.2) is 53.1 Å². The minimum Gasteiger partial charge on any atom is -0.453 e. The molecule has 0 fully saturated rings. The predicted octanol–water partition coefficient (Wildman–Crippen LogP) is 5.16. The zero-order valence-corrected chi connectivity index (χ0v) is 16.1. The highest BCUT2D eigenvalue weighted by Crippen LogP contribution is 2.31. The number of Topliss-reactive ketones (excluding diaryl/α,β-unsaturated/α-hetero) is 1. The van der Waals surface area contributed by atoms with Crippen molar-refractivity contribution >= 4 is 11.8 Å². The largest absolute Gasteiger partial charge is 0.453 e. The van der Waals surface area contributed by atoms with Gasteiger partial charge < -0.3 is 9.26 Å². The number of rotatable bonds is 7. The molecular formula is C21H16F4N2O4. The molecule has 31 heavy (non-hydrogen) atoms. The average molecular weight is 436 g/mol. The second-order valence-electron chi connectivity index (χ2n) is 6.60. The normalized spacial score (nSPS) is 12.4. The summed E-state index contributed by atoms with van der Waals surface area (Å²) in [6.07, 6.45) is -5.86. The molecule has 1 unspecified atom stereocenters. The number of hydrogen-bond donors (Lipinski definition) is 0. The van der Waals surface area contributed by atoms with Gasteiger partial charge >= 0.3 is 12.1 Å². The molecule has 0 saturated heterocycles. The molecule has 0 bridgehead atoms. The maximum Gasteiger partial charge on any atom is 0.416 e. The quantitative estimate of drug-likeness (QED) is 0.289. The molecule has 162 valence electrons. The van der Waals surface area contributed by atoms with Gasteiger partial charge in [-0.3, -0.25) is 9.59 Å². The Morgan fingerprint density at radius 1 is 1.10 bits per heavy atom. The standard InChI is InChI=1S/C21H16F4N2O4/c1-12(30-18(29)10-9-17(28)13-5-7-16(22)8-6-13)20-26-19(27-31-20)14-3-2-4-15(11-14)21(23,24)25/h2-8,11-12H,9-10H2,1H3. The Labute approximate surface area is 173 Å². The molecule has 10 heteroatoms. The van der Waals surface area contributed by atoms with E-state index in [1.54, 1.807) is 0 Å². The van der Waals surface area contributed by atoms with Crippen LogP contribution in [0.4, 0.5) is 17.6 Å². The predicted molar refractivity (Wildman–Crippen MR) is 99.2 cm³/mol. The van der Waals surface area contributed by atoms with Crippen molar-refractivity contribution in [3.63, 3.8) is 0 Å². The number of ether oxygens (including phenoxy) is 1. The van der Waals surface area contributed by atoms with E-state index in [9.17, 15) is 27.2 Å². The van der Waals surface area contributed by atoms with Crippen LogP contribution in [-0.4, -0.2) is 21.9 Å². The summed E-state index contributed by atoms with van der Waals surface area (Å²) < 4.78 is 61.6. The summed E-state index contributed by atoms with van der Waals surface area (Å²) in [7, 11) is 0. The van der Waals surface area contributed by atoms with Gasteiger partial charge in [0.05, 0.1) is 12.0 Å². The topological polar surface area (TPSA) is 82.3 Å². The monoisotopic (exact) mass is 436 g/mol. The van der Waals surface area contributed by atoms with E-state index in [2.05, 4.69) is 10.1 Å². The van der Waals surface area contributed by atoms with Crippen molar-refractivity contribution in [1.82, 2.24) is 10.1 Å². The smallest absolute Gasteiger partial charge is 0.416 e. The van der Waals surface area contributed by atoms with Crippen LogP contribution in [0.2, 0.25) is 0 Å². The molecule has 0 aliphatic heterocycles. The van der Waals surface area contributed by atoms with Crippen LogP contribution in [0.5, 0.6) is 0 Å². The highest BCUT2D eigenvalue weighted by molar-refractivity contribution is 5.97. The number of halogens is 4. The Kier molecular flexibility index (Phi) is 6.47. The molecule has 0 N–H and O–H groups in total. The van der Waals surface area contributed by atoms with Gasteiger partial charge in [-0.1, -0.05) is 17.3 Å². The summed E-state index contributed by atoms with van der Waals surface area (Å²) in [6.45, 7) is 1.45. The van der Waals surface area contributed by atoms with E-state index < -0.39 is 29.6 Å². The van der Waals surface area contributed by atoms with Crippen LogP contribution in [0, 0.1) is 5.82 Å². The van der Waals surface area contributed by atoms with Crippen molar-refractivity contribution in [3.05, 3.63) is 71.4 Å². The van der Waals surface area contributed by atoms with Gasteiger partial charge in [-0.05, 0) is 43.3 Å². The van der Waals surface area contributed by atoms with E-state index in [4.69, 9.17) is 9.26 Å². The molecule has 1 atom stereocenters. The molecule has 0 radical (unpaired) electrons. The van der Waals surface area contributed by atoms with Gasteiger partial charge in [0, 0.05) is 17.5 Å². The van der Waals surface area contributed by atoms with Gasteiger partial charge in [0.25, 0.3) is 5.89 Å². The SMILES string of the molecule is CC(OC(=O)CCC(=O)c1ccc(F)cc1)c1nc(-c2cccc(C(F)(F)F)c2)no1. The van der Waals surface area contributed by atoms with Crippen LogP contribution in [0.1, 0.15) is 47.7 Å². The van der Waals surface area contributed by atoms with Crippen LogP contribution in [0.25, 0.3) is 11.4 Å². The lowest BCUT2D eigenvalue weighted by Gasteiger charge is -2.09. The molecule has 0 amide bonds. The third kappa shape index (κ3) is 5.74. The van der Waals surface area contributed by atoms with Crippen LogP contribution in [0.3, 0.4) is 0 Å². The van der Waals surface area contributed by atoms with Crippen LogP contribution < -0.4 is 0 Å². The Balaban J connectivity index is 1.58. The first-order valence-electron chi connectivity index (χ1n) is 9.13. The molecule has 6 nitrogen and oxygen atoms in total. The molecule has 0 aliphatic rings. The number of hydrogen-bond acceptors (Lipinski definition) is 6. The van der Waals surface area contributed by atoms with E-state index in [1.807, 2.05) is 0 Å². The minimum atomic E-state index is -4.52. The van der Waals surface area contributed by atoms with Crippen molar-refractivity contribution < 1.29 is 36.4 Å². The van der Waals surface area contributed by atoms with Gasteiger partial charge in [-0.2, -0.15) is 18.2 Å². The fourth-order valence-corrected chi connectivity index (χ4v) is 2.65. The molecule has 3 rings (SSSR count). The van der Waals surface area contributed by atoms with Gasteiger partial charge in [0.1, 0.15) is 5.82 Å². The first-order chi connectivity index (χ1) is 14.6. The molecule has 0 aliphatic carbocycles. The summed E-state index contributed by atoms with van der Waals surface area (Å²) in [5.74, 6) is -1.73. The van der Waals surface area contributed by atoms with E-state index in [0.717, 1.165) is 24.3 Å². The van der Waals surface area contributed by atoms with Gasteiger partial charge in [-0.25, -0.2) is 4.39 Å². The molecule has 1 aromatic heterocycles. The fraction of sp³-hybridized carbons (Fsp3) is 0.238. The number of carbonyl (C=O) groups excluding carboxylic acids is 2. The fourth-order valence-electron chi connectivity index (χ4n) is 2.65. The average Bonchev–Trinajstić information content (AvgIpc) is 3.22. The number of esters is 1. The van der Waals surface area contributed by atoms with Crippen molar-refractivity contribution in [2.75, 3.05) is 0 Å². The Morgan fingerprint density at radius 3 is 2.48 bits per heavy atom. The maximum atomic E-state index is 12.9. The number of alkyl halides is 3. The molecule has 0 spiro atoms. The first-order valence-corrected chi connectivity index (χ1v) is 9.13. The third-order valence-electron chi connectivity index (χ3n) is 4.27. The van der Waals surface area contributed by atoms with E-state index in [0.29, 0.717) is 0 Å². The number of nitrogens with zero attached hydrogens (tertiary/aromatic N) is 2. The zero-order valence-electron chi connectivity index (χ0n) is 16.1. The molecule has 2 aromatic carbocycles. The van der Waals surface area contributed by atoms with E-state index >= 15 is 0 Å². The lowest BCUT2D eigenvalue weighted by molar-refractivity contribution is -0.149. The van der Waals surface area contributed by atoms with Gasteiger partial charge in [-0.15, -0.1) is 0 Å². The van der Waals surface area contributed by atoms with E-state index in [1.165, 1.54) is 31.2 Å². The Bertz CT molecular complexity index is 1080. The summed E-state index contributed by atoms with van der Waals surface area (Å²) in [4.78, 5) is 28.0. The molecule has 3 aromatic rings. The van der Waals surface area contributed by atoms with Crippen molar-refractivity contribution in [3.8, 4) is 11.4 Å². The van der Waals surface area contributed by atoms with Crippen molar-refractivity contribution in [2.45, 2.75) is 32.0 Å². The molecule has 0 saturated carbocycles. The Morgan fingerprint density at radius 2 is 1.81 bits per heavy atom. The highest BCUT2D eigenvalue weighted by Gasteiger charge is 2.31. The molecule has 1 heterocycles. The summed E-state index contributed by atoms with van der Waals surface area (Å²) in [6, 6.07) is 9.33. The summed E-state index contributed by atoms with van der Waals surface area (Å²) in [5.41, 5.74) is -0.500. The lowest BCUT2D eigenvalue weighted by Crippen LogP contribution is -2.11. The third-order valence-corrected chi connectivity index (χ3v) is 4.27. The lowest BCUT2D eigenvalue weighted by atomic mass is 10.1. The maximum absolute atomic E-state index is 12.9. The summed E-state index contributed by atoms with van der Waals surface area (Å²) >= 11 is 0. The highest BCUT2D eigenvalue weighted by atomic mass is 19.4. The number of aromatic nitrogens is 2. The first kappa shape index (κ1) is 22.1. The minimum absolute atomic E-state index is 0.0875. The second kappa shape index (κ2) is 9.07. The number of benzene rings is 2. The van der Waals surface area contributed by atoms with Crippen LogP contribution >= 0.6 is 0 Å². The number of carbonyl (C=O) groups is 2.